The van der Waals surface area contributed by atoms with Gasteiger partial charge < -0.3 is 101 Å². The fourth-order valence-corrected chi connectivity index (χ4v) is 9.41. The van der Waals surface area contributed by atoms with Gasteiger partial charge in [0.05, 0.1) is 25.4 Å². The summed E-state index contributed by atoms with van der Waals surface area (Å²) in [7, 11) is 0. The highest BCUT2D eigenvalue weighted by molar-refractivity contribution is 7.98. The molecule has 0 aliphatic carbocycles. The van der Waals surface area contributed by atoms with Crippen molar-refractivity contribution in [1.29, 1.82) is 0 Å². The highest BCUT2D eigenvalue weighted by Crippen LogP contribution is 2.14. The molecule has 22 N–H and O–H groups in total. The average molecular weight is 1380 g/mol. The molecule has 0 fully saturated rings. The highest BCUT2D eigenvalue weighted by Gasteiger charge is 2.38. The topological polar surface area (TPSA) is 602 Å². The molecule has 0 unspecified atom stereocenters. The molecular weight excluding hydrogens is 1280 g/mol. The third kappa shape index (κ3) is 35.9. The van der Waals surface area contributed by atoms with Crippen LogP contribution in [0.2, 0.25) is 0 Å². The summed E-state index contributed by atoms with van der Waals surface area (Å²) < 4.78 is 0. The van der Waals surface area contributed by atoms with Crippen molar-refractivity contribution in [2.45, 2.75) is 212 Å². The SMILES string of the molecule is CSCC[C@H](NC(=O)[C@H](CCC(N)=O)NC(=O)[C@H](CC(C)C)NC(=O)[C@@H](NC(=O)[C@H](CCC(=O)O)NC(=O)CNC(=O)[C@@H](N)CCCCN)C(C)C)C(=O)N[C@@H](CCC(=O)O)C(=O)N[C@@H](CC(=O)O)C(=O)N[C@@H](CC(=O)O)C(=O)N[C@@H](CC(C)C)C(=O)N[C@H](C(=O)O)C(C)C. The molecule has 0 saturated carbocycles. The second-order valence-electron chi connectivity index (χ2n) is 24.1. The van der Waals surface area contributed by atoms with Crippen LogP contribution in [0.4, 0.5) is 0 Å². The highest BCUT2D eigenvalue weighted by atomic mass is 32.2. The maximum Gasteiger partial charge on any atom is 0.326 e. The molecule has 37 heteroatoms. The lowest BCUT2D eigenvalue weighted by Gasteiger charge is -2.29. The van der Waals surface area contributed by atoms with E-state index in [-0.39, 0.29) is 43.3 Å². The van der Waals surface area contributed by atoms with E-state index < -0.39 is 237 Å². The molecule has 0 radical (unpaired) electrons. The first kappa shape index (κ1) is 86.3. The summed E-state index contributed by atoms with van der Waals surface area (Å²) in [5, 5.41) is 73.8. The van der Waals surface area contributed by atoms with E-state index in [1.165, 1.54) is 39.5 Å². The number of hydrogen-bond donors (Lipinski definition) is 19. The van der Waals surface area contributed by atoms with E-state index in [9.17, 15) is 107 Å². The summed E-state index contributed by atoms with van der Waals surface area (Å²) in [4.78, 5) is 222. The lowest BCUT2D eigenvalue weighted by Crippen LogP contribution is -2.61. The zero-order valence-electron chi connectivity index (χ0n) is 55.0. The van der Waals surface area contributed by atoms with E-state index in [0.29, 0.717) is 19.4 Å². The van der Waals surface area contributed by atoms with Crippen LogP contribution >= 0.6 is 11.8 Å². The molecule has 12 amide bonds. The summed E-state index contributed by atoms with van der Waals surface area (Å²) in [6.45, 7) is 12.4. The van der Waals surface area contributed by atoms with Gasteiger partial charge in [0.1, 0.15) is 60.4 Å². The van der Waals surface area contributed by atoms with Crippen LogP contribution in [0.3, 0.4) is 0 Å². The Morgan fingerprint density at radius 3 is 1.12 bits per heavy atom. The second kappa shape index (κ2) is 44.8. The Labute approximate surface area is 553 Å². The average Bonchev–Trinajstić information content (AvgIpc) is 0.881. The fraction of sp³-hybridized carbons (Fsp3) is 0.707. The van der Waals surface area contributed by atoms with Gasteiger partial charge in [-0.25, -0.2) is 4.79 Å². The van der Waals surface area contributed by atoms with Gasteiger partial charge in [-0.15, -0.1) is 0 Å². The smallest absolute Gasteiger partial charge is 0.326 e. The van der Waals surface area contributed by atoms with E-state index in [1.807, 2.05) is 5.32 Å². The third-order valence-electron chi connectivity index (χ3n) is 14.0. The van der Waals surface area contributed by atoms with Crippen molar-refractivity contribution in [2.75, 3.05) is 25.1 Å². The minimum absolute atomic E-state index is 0.102. The fourth-order valence-electron chi connectivity index (χ4n) is 8.94. The molecule has 0 aromatic heterocycles. The summed E-state index contributed by atoms with van der Waals surface area (Å²) in [5.74, 6) is -22.7. The van der Waals surface area contributed by atoms with Crippen molar-refractivity contribution in [3.05, 3.63) is 0 Å². The largest absolute Gasteiger partial charge is 0.481 e. The minimum atomic E-state index is -2.19. The van der Waals surface area contributed by atoms with E-state index in [2.05, 4.69) is 53.2 Å². The van der Waals surface area contributed by atoms with Gasteiger partial charge in [0.25, 0.3) is 0 Å². The molecule has 0 aliphatic heterocycles. The van der Waals surface area contributed by atoms with Crippen LogP contribution in [0.25, 0.3) is 0 Å². The van der Waals surface area contributed by atoms with Crippen LogP contribution in [0.15, 0.2) is 0 Å². The number of primary amides is 1. The quantitative estimate of drug-likeness (QED) is 0.0256. The van der Waals surface area contributed by atoms with Crippen molar-refractivity contribution in [3.8, 4) is 0 Å². The zero-order chi connectivity index (χ0) is 73.0. The maximum atomic E-state index is 14.3. The Morgan fingerprint density at radius 1 is 0.389 bits per heavy atom. The number of nitrogens with one attached hydrogen (secondary N) is 11. The van der Waals surface area contributed by atoms with Crippen molar-refractivity contribution in [2.24, 2.45) is 40.9 Å². The Kier molecular flexibility index (Phi) is 40.7. The summed E-state index contributed by atoms with van der Waals surface area (Å²) >= 11 is 1.17. The number of aliphatic carboxylic acids is 5. The first-order valence-corrected chi connectivity index (χ1v) is 32.3. The monoisotopic (exact) mass is 1370 g/mol. The minimum Gasteiger partial charge on any atom is -0.481 e. The summed E-state index contributed by atoms with van der Waals surface area (Å²) in [5.41, 5.74) is 16.8. The number of nitrogens with two attached hydrogens (primary N) is 3. The molecule has 0 rings (SSSR count). The predicted molar refractivity (Wildman–Crippen MR) is 339 cm³/mol. The molecule has 0 heterocycles. The number of thioether (sulfide) groups is 1. The van der Waals surface area contributed by atoms with Gasteiger partial charge >= 0.3 is 29.8 Å². The van der Waals surface area contributed by atoms with Crippen LogP contribution < -0.4 is 75.7 Å². The van der Waals surface area contributed by atoms with Gasteiger partial charge in [-0.05, 0) is 93.6 Å². The number of carboxylic acid groups (broad SMARTS) is 5. The predicted octanol–water partition coefficient (Wildman–Crippen LogP) is -4.41. The first-order valence-electron chi connectivity index (χ1n) is 30.9. The van der Waals surface area contributed by atoms with Gasteiger partial charge in [0.15, 0.2) is 0 Å². The van der Waals surface area contributed by atoms with E-state index in [4.69, 9.17) is 17.2 Å². The zero-order valence-corrected chi connectivity index (χ0v) is 55.8. The number of carbonyl (C=O) groups is 17. The van der Waals surface area contributed by atoms with Crippen molar-refractivity contribution in [3.63, 3.8) is 0 Å². The third-order valence-corrected chi connectivity index (χ3v) is 14.7. The molecule has 0 aliphatic rings. The van der Waals surface area contributed by atoms with Crippen LogP contribution in [0.5, 0.6) is 0 Å². The molecule has 36 nitrogen and oxygen atoms in total. The molecule has 538 valence electrons. The Hall–Kier alpha value is -8.74. The van der Waals surface area contributed by atoms with E-state index >= 15 is 0 Å². The van der Waals surface area contributed by atoms with Crippen molar-refractivity contribution >= 4 is 112 Å². The standard InChI is InChI=1S/C58H98N14O22S/c1-27(2)22-36(70-57(92)46(29(5)6)71-52(87)32(14-17-42(75)76)63-41(74)26-62-48(83)31(60)12-10-11-20-59)53(88)65-33(13-16-40(61)73)49(84)66-35(19-21-95-9)51(86)64-34(15-18-43(77)78)50(85)68-38(24-44(79)80)55(90)69-39(25-45(81)82)54(89)67-37(23-28(3)4)56(91)72-47(30(7)8)58(93)94/h27-39,46-47H,10-26,59-60H2,1-9H3,(H2,61,73)(H,62,83)(H,63,74)(H,64,86)(H,65,88)(H,66,84)(H,67,89)(H,68,85)(H,69,90)(H,70,92)(H,71,87)(H,72,91)(H,75,76)(H,77,78)(H,79,80)(H,81,82)(H,93,94)/t31-,32-,33-,34-,35-,36-,37-,38-,39-,46-,47-/m0/s1. The molecule has 0 aromatic rings. The van der Waals surface area contributed by atoms with E-state index in [0.717, 1.165) is 0 Å². The second-order valence-corrected chi connectivity index (χ2v) is 25.0. The molecule has 0 bridgehead atoms. The molecule has 0 aromatic carbocycles. The lowest BCUT2D eigenvalue weighted by molar-refractivity contribution is -0.144. The summed E-state index contributed by atoms with van der Waals surface area (Å²) in [6.07, 6.45) is -3.68. The molecule has 11 atom stereocenters. The number of hydrogen-bond acceptors (Lipinski definition) is 20. The van der Waals surface area contributed by atoms with Crippen LogP contribution in [0.1, 0.15) is 145 Å². The number of amides is 12. The van der Waals surface area contributed by atoms with Crippen LogP contribution in [-0.4, -0.2) is 218 Å². The number of unbranched alkanes of at least 4 members (excludes halogenated alkanes) is 1. The molecular formula is C58H98N14O22S. The maximum absolute atomic E-state index is 14.3. The number of carbonyl (C=O) groups excluding carboxylic acids is 12. The van der Waals surface area contributed by atoms with Crippen LogP contribution in [-0.2, 0) is 81.5 Å². The van der Waals surface area contributed by atoms with Crippen molar-refractivity contribution < 1.29 is 107 Å². The van der Waals surface area contributed by atoms with Gasteiger partial charge in [0.2, 0.25) is 70.9 Å². The number of rotatable bonds is 49. The molecule has 95 heavy (non-hydrogen) atoms. The van der Waals surface area contributed by atoms with Gasteiger partial charge in [-0.3, -0.25) is 76.7 Å². The number of carboxylic acids is 5. The normalized spacial score (nSPS) is 14.6. The molecule has 0 spiro atoms. The molecule has 0 saturated heterocycles. The van der Waals surface area contributed by atoms with E-state index in [1.54, 1.807) is 34.0 Å². The Morgan fingerprint density at radius 2 is 0.737 bits per heavy atom. The Bertz CT molecular complexity index is 2680. The van der Waals surface area contributed by atoms with Gasteiger partial charge in [-0.2, -0.15) is 11.8 Å². The Balaban J connectivity index is 6.98. The lowest BCUT2D eigenvalue weighted by atomic mass is 9.98. The van der Waals surface area contributed by atoms with Crippen molar-refractivity contribution in [1.82, 2.24) is 58.5 Å². The van der Waals surface area contributed by atoms with Crippen LogP contribution in [0, 0.1) is 23.7 Å². The first-order chi connectivity index (χ1) is 44.2. The van der Waals surface area contributed by atoms with Gasteiger partial charge in [0, 0.05) is 19.3 Å². The van der Waals surface area contributed by atoms with Gasteiger partial charge in [-0.1, -0.05) is 61.8 Å². The summed E-state index contributed by atoms with van der Waals surface area (Å²) in [6, 6.07) is -18.0.